The second-order valence-corrected chi connectivity index (χ2v) is 8.97. The normalized spacial score (nSPS) is 16.5. The summed E-state index contributed by atoms with van der Waals surface area (Å²) >= 11 is 0. The van der Waals surface area contributed by atoms with Crippen molar-refractivity contribution in [3.8, 4) is 0 Å². The highest BCUT2D eigenvalue weighted by atomic mass is 19.3. The van der Waals surface area contributed by atoms with Crippen LogP contribution in [0.3, 0.4) is 0 Å². The largest absolute Gasteiger partial charge is 0.366 e. The lowest BCUT2D eigenvalue weighted by molar-refractivity contribution is 0.0950. The number of hydrogen-bond donors (Lipinski definition) is 2. The topological polar surface area (TPSA) is 107 Å². The summed E-state index contributed by atoms with van der Waals surface area (Å²) in [5, 5.41) is 2.35. The molecule has 4 heterocycles. The molecule has 9 nitrogen and oxygen atoms in total. The molecule has 0 atom stereocenters. The highest BCUT2D eigenvalue weighted by Crippen LogP contribution is 2.29. The number of hydrogen-bond acceptors (Lipinski definition) is 7. The van der Waals surface area contributed by atoms with E-state index in [1.54, 1.807) is 0 Å². The molecule has 0 radical (unpaired) electrons. The molecule has 0 bridgehead atoms. The van der Waals surface area contributed by atoms with E-state index in [4.69, 9.17) is 0 Å². The van der Waals surface area contributed by atoms with E-state index in [0.717, 1.165) is 53.4 Å². The van der Waals surface area contributed by atoms with E-state index in [-0.39, 0.29) is 17.1 Å². The van der Waals surface area contributed by atoms with Gasteiger partial charge in [-0.15, -0.1) is 0 Å². The first-order valence-electron chi connectivity index (χ1n) is 11.8. The van der Waals surface area contributed by atoms with Gasteiger partial charge < -0.3 is 15.2 Å². The third kappa shape index (κ3) is 4.60. The van der Waals surface area contributed by atoms with Gasteiger partial charge in [0.1, 0.15) is 5.69 Å². The Balaban J connectivity index is 1.29. The number of fused-ring (bicyclic) bond motifs is 3. The quantitative estimate of drug-likeness (QED) is 0.573. The van der Waals surface area contributed by atoms with Crippen LogP contribution >= 0.6 is 0 Å². The summed E-state index contributed by atoms with van der Waals surface area (Å²) in [5.74, 6) is -0.873. The van der Waals surface area contributed by atoms with Crippen LogP contribution in [0.2, 0.25) is 0 Å². The molecule has 1 fully saturated rings. The minimum Gasteiger partial charge on any atom is -0.366 e. The monoisotopic (exact) mass is 483 g/mol. The molecule has 3 aromatic rings. The Bertz CT molecular complexity index is 1320. The van der Waals surface area contributed by atoms with Gasteiger partial charge in [0.2, 0.25) is 5.82 Å². The van der Waals surface area contributed by atoms with Crippen molar-refractivity contribution in [2.24, 2.45) is 0 Å². The number of piperazine rings is 1. The third-order valence-corrected chi connectivity index (χ3v) is 6.77. The molecule has 11 heteroatoms. The summed E-state index contributed by atoms with van der Waals surface area (Å²) < 4.78 is 27.3. The predicted octanol–water partition coefficient (Wildman–Crippen LogP) is 2.21. The number of alkyl halides is 2. The summed E-state index contributed by atoms with van der Waals surface area (Å²) in [6.45, 7) is 2.99. The van der Waals surface area contributed by atoms with Crippen molar-refractivity contribution < 1.29 is 13.6 Å². The van der Waals surface area contributed by atoms with Gasteiger partial charge in [-0.3, -0.25) is 19.5 Å². The number of carbonyl (C=O) groups is 1. The number of nitrogens with zero attached hydrogens (tertiary/aromatic N) is 5. The Hall–Kier alpha value is -3.47. The van der Waals surface area contributed by atoms with Crippen LogP contribution in [0.4, 0.5) is 14.5 Å². The Labute approximate surface area is 200 Å². The molecule has 0 unspecified atom stereocenters. The van der Waals surface area contributed by atoms with Crippen LogP contribution in [0.1, 0.15) is 52.3 Å². The molecular weight excluding hydrogens is 456 g/mol. The number of halogens is 2. The number of H-pyrrole nitrogens is 1. The second-order valence-electron chi connectivity index (χ2n) is 8.97. The van der Waals surface area contributed by atoms with Crippen molar-refractivity contribution in [3.05, 3.63) is 57.0 Å². The second kappa shape index (κ2) is 9.65. The highest BCUT2D eigenvalue weighted by molar-refractivity contribution is 5.90. The van der Waals surface area contributed by atoms with E-state index in [0.29, 0.717) is 32.7 Å². The van der Waals surface area contributed by atoms with Gasteiger partial charge in [-0.2, -0.15) is 0 Å². The lowest BCUT2D eigenvalue weighted by atomic mass is 9.91. The van der Waals surface area contributed by atoms with Crippen molar-refractivity contribution in [1.82, 2.24) is 30.2 Å². The van der Waals surface area contributed by atoms with Gasteiger partial charge in [-0.25, -0.2) is 18.7 Å². The lowest BCUT2D eigenvalue weighted by Gasteiger charge is -2.36. The third-order valence-electron chi connectivity index (χ3n) is 6.77. The molecule has 0 saturated carbocycles. The average molecular weight is 484 g/mol. The minimum atomic E-state index is -2.81. The number of aromatic nitrogens is 4. The van der Waals surface area contributed by atoms with Gasteiger partial charge in [0, 0.05) is 51.5 Å². The lowest BCUT2D eigenvalue weighted by Crippen LogP contribution is -2.46. The average Bonchev–Trinajstić information content (AvgIpc) is 2.88. The number of amides is 1. The fourth-order valence-electron chi connectivity index (χ4n) is 4.96. The Morgan fingerprint density at radius 3 is 2.57 bits per heavy atom. The molecular formula is C24H27F2N7O2. The molecule has 2 aliphatic rings. The van der Waals surface area contributed by atoms with E-state index in [2.05, 4.69) is 30.2 Å². The molecule has 0 spiro atoms. The van der Waals surface area contributed by atoms with Gasteiger partial charge in [-0.1, -0.05) is 0 Å². The van der Waals surface area contributed by atoms with Crippen LogP contribution in [0.15, 0.2) is 23.3 Å². The molecule has 1 amide bonds. The van der Waals surface area contributed by atoms with Crippen molar-refractivity contribution in [3.63, 3.8) is 0 Å². The highest BCUT2D eigenvalue weighted by Gasteiger charge is 2.26. The van der Waals surface area contributed by atoms with Crippen molar-refractivity contribution in [2.75, 3.05) is 38.1 Å². The summed E-state index contributed by atoms with van der Waals surface area (Å²) in [7, 11) is 1.40. The molecule has 35 heavy (non-hydrogen) atoms. The van der Waals surface area contributed by atoms with E-state index in [1.807, 2.05) is 17.2 Å². The van der Waals surface area contributed by atoms with Crippen LogP contribution in [0.25, 0.3) is 11.0 Å². The maximum atomic E-state index is 13.7. The van der Waals surface area contributed by atoms with Crippen molar-refractivity contribution >= 4 is 22.6 Å². The predicted molar refractivity (Wildman–Crippen MR) is 127 cm³/mol. The van der Waals surface area contributed by atoms with Gasteiger partial charge in [0.15, 0.2) is 0 Å². The zero-order chi connectivity index (χ0) is 24.5. The standard InChI is InChI=1S/C24H27F2N7O2/c1-27-24(35)22-29-12-18(20(31-22)21(25)26)33-8-6-32(7-9-33)13-14-10-17-19(28-11-14)15-4-2-3-5-16(15)23(34)30-17/h10-12,21H,2-9,13H2,1H3,(H,27,35)(H,30,34). The smallest absolute Gasteiger partial charge is 0.288 e. The maximum absolute atomic E-state index is 13.7. The molecule has 184 valence electrons. The first-order valence-corrected chi connectivity index (χ1v) is 11.8. The van der Waals surface area contributed by atoms with Gasteiger partial charge in [0.25, 0.3) is 17.9 Å². The number of carbonyl (C=O) groups excluding carboxylic acids is 1. The number of pyridine rings is 2. The van der Waals surface area contributed by atoms with Gasteiger partial charge in [-0.05, 0) is 42.9 Å². The number of rotatable bonds is 5. The van der Waals surface area contributed by atoms with Crippen molar-refractivity contribution in [2.45, 2.75) is 38.7 Å². The fraction of sp³-hybridized carbons (Fsp3) is 0.458. The number of nitrogens with one attached hydrogen (secondary N) is 2. The minimum absolute atomic E-state index is 0.0146. The molecule has 0 aromatic carbocycles. The van der Waals surface area contributed by atoms with E-state index >= 15 is 0 Å². The Morgan fingerprint density at radius 1 is 1.11 bits per heavy atom. The fourth-order valence-corrected chi connectivity index (χ4v) is 4.96. The molecule has 3 aromatic heterocycles. The number of aryl methyl sites for hydroxylation is 1. The van der Waals surface area contributed by atoms with Crippen LogP contribution in [-0.4, -0.2) is 64.0 Å². The molecule has 1 aliphatic carbocycles. The van der Waals surface area contributed by atoms with E-state index in [1.165, 1.54) is 13.2 Å². The van der Waals surface area contributed by atoms with E-state index < -0.39 is 18.0 Å². The first kappa shape index (κ1) is 23.3. The van der Waals surface area contributed by atoms with Crippen molar-refractivity contribution in [1.29, 1.82) is 0 Å². The zero-order valence-electron chi connectivity index (χ0n) is 19.5. The molecule has 1 saturated heterocycles. The number of anilines is 1. The van der Waals surface area contributed by atoms with Crippen LogP contribution < -0.4 is 15.8 Å². The van der Waals surface area contributed by atoms with E-state index in [9.17, 15) is 18.4 Å². The molecule has 5 rings (SSSR count). The van der Waals surface area contributed by atoms with Crippen LogP contribution in [0, 0.1) is 0 Å². The summed E-state index contributed by atoms with van der Waals surface area (Å²) in [6.07, 6.45) is 4.16. The molecule has 1 aliphatic heterocycles. The zero-order valence-corrected chi connectivity index (χ0v) is 19.5. The summed E-state index contributed by atoms with van der Waals surface area (Å²) in [6, 6.07) is 1.99. The first-order chi connectivity index (χ1) is 16.9. The van der Waals surface area contributed by atoms with Crippen LogP contribution in [0.5, 0.6) is 0 Å². The maximum Gasteiger partial charge on any atom is 0.288 e. The summed E-state index contributed by atoms with van der Waals surface area (Å²) in [5.41, 5.74) is 4.39. The van der Waals surface area contributed by atoms with Gasteiger partial charge >= 0.3 is 0 Å². The Morgan fingerprint density at radius 2 is 1.86 bits per heavy atom. The molecule has 2 N–H and O–H groups in total. The van der Waals surface area contributed by atoms with Gasteiger partial charge in [0.05, 0.1) is 22.9 Å². The van der Waals surface area contributed by atoms with Crippen LogP contribution in [-0.2, 0) is 19.4 Å². The SMILES string of the molecule is CNC(=O)c1ncc(N2CCN(Cc3cnc4c5c(c(=O)[nH]c4c3)CCCC5)CC2)c(C(F)F)n1. The summed E-state index contributed by atoms with van der Waals surface area (Å²) in [4.78, 5) is 43.8. The Kier molecular flexibility index (Phi) is 6.42. The number of aromatic amines is 1.